The van der Waals surface area contributed by atoms with Crippen LogP contribution >= 0.6 is 31.9 Å². The minimum atomic E-state index is 1.07. The van der Waals surface area contributed by atoms with E-state index in [0.717, 1.165) is 14.3 Å². The molecular weight excluding hydrogens is 282 g/mol. The van der Waals surface area contributed by atoms with Gasteiger partial charge in [-0.15, -0.1) is 0 Å². The van der Waals surface area contributed by atoms with E-state index in [-0.39, 0.29) is 0 Å². The molecule has 0 unspecified atom stereocenters. The highest BCUT2D eigenvalue weighted by Crippen LogP contribution is 2.28. The molecule has 61 valence electrons. The van der Waals surface area contributed by atoms with Crippen LogP contribution in [0, 0.1) is 6.07 Å². The molecule has 0 aliphatic heterocycles. The maximum Gasteiger partial charge on any atom is 0.0629 e. The predicted molar refractivity (Wildman–Crippen MR) is 57.2 cm³/mol. The monoisotopic (exact) mass is 286 g/mol. The molecular formula is C9H6Br2N. The summed E-state index contributed by atoms with van der Waals surface area (Å²) in [4.78, 5) is 0. The Kier molecular flexibility index (Phi) is 2.00. The smallest absolute Gasteiger partial charge is 0.0629 e. The van der Waals surface area contributed by atoms with Crippen molar-refractivity contribution in [2.75, 3.05) is 0 Å². The van der Waals surface area contributed by atoms with Gasteiger partial charge in [0.1, 0.15) is 0 Å². The lowest BCUT2D eigenvalue weighted by molar-refractivity contribution is 0.966. The number of rotatable bonds is 0. The van der Waals surface area contributed by atoms with Crippen molar-refractivity contribution >= 4 is 42.8 Å². The number of hydrogen-bond donors (Lipinski definition) is 0. The van der Waals surface area contributed by atoms with Crippen LogP contribution in [-0.4, -0.2) is 4.57 Å². The summed E-state index contributed by atoms with van der Waals surface area (Å²) < 4.78 is 4.21. The van der Waals surface area contributed by atoms with Gasteiger partial charge < -0.3 is 4.57 Å². The number of fused-ring (bicyclic) bond motifs is 1. The normalized spacial score (nSPS) is 10.9. The first-order valence-electron chi connectivity index (χ1n) is 3.50. The number of aryl methyl sites for hydroxylation is 1. The molecule has 1 radical (unpaired) electrons. The molecule has 0 aliphatic carbocycles. The summed E-state index contributed by atoms with van der Waals surface area (Å²) in [6.07, 6.45) is 1.93. The Hall–Kier alpha value is -0.280. The molecule has 1 heterocycles. The number of hydrogen-bond acceptors (Lipinski definition) is 0. The molecule has 1 nitrogen and oxygen atoms in total. The lowest BCUT2D eigenvalue weighted by atomic mass is 10.2. The van der Waals surface area contributed by atoms with Crippen LogP contribution in [-0.2, 0) is 7.05 Å². The fourth-order valence-corrected chi connectivity index (χ4v) is 2.77. The summed E-state index contributed by atoms with van der Waals surface area (Å²) in [6, 6.07) is 7.27. The Bertz CT molecular complexity index is 431. The van der Waals surface area contributed by atoms with Gasteiger partial charge >= 0.3 is 0 Å². The molecule has 0 N–H and O–H groups in total. The highest BCUT2D eigenvalue weighted by molar-refractivity contribution is 9.11. The van der Waals surface area contributed by atoms with Crippen LogP contribution in [0.1, 0.15) is 0 Å². The van der Waals surface area contributed by atoms with E-state index in [0.29, 0.717) is 0 Å². The maximum atomic E-state index is 3.51. The van der Waals surface area contributed by atoms with E-state index in [1.54, 1.807) is 0 Å². The van der Waals surface area contributed by atoms with Crippen molar-refractivity contribution in [2.24, 2.45) is 7.05 Å². The predicted octanol–water partition coefficient (Wildman–Crippen LogP) is 3.50. The Morgan fingerprint density at radius 2 is 2.08 bits per heavy atom. The van der Waals surface area contributed by atoms with Crippen LogP contribution in [0.5, 0.6) is 0 Å². The third-order valence-electron chi connectivity index (χ3n) is 1.79. The average Bonchev–Trinajstić information content (AvgIpc) is 2.31. The standard InChI is InChI=1S/C9H6Br2N/c1-12-3-2-6-4-7(10)5-8(11)9(6)12/h3-5H,1H3. The zero-order chi connectivity index (χ0) is 8.72. The summed E-state index contributed by atoms with van der Waals surface area (Å²) in [5.41, 5.74) is 1.18. The first-order chi connectivity index (χ1) is 5.68. The largest absolute Gasteiger partial charge is 0.349 e. The van der Waals surface area contributed by atoms with Crippen LogP contribution in [0.4, 0.5) is 0 Å². The quantitative estimate of drug-likeness (QED) is 0.699. The van der Waals surface area contributed by atoms with Crippen molar-refractivity contribution in [1.29, 1.82) is 0 Å². The second kappa shape index (κ2) is 2.89. The topological polar surface area (TPSA) is 4.93 Å². The second-order valence-electron chi connectivity index (χ2n) is 2.67. The second-order valence-corrected chi connectivity index (χ2v) is 4.44. The summed E-state index contributed by atoms with van der Waals surface area (Å²) in [6.45, 7) is 0. The molecule has 0 saturated carbocycles. The van der Waals surface area contributed by atoms with E-state index in [1.165, 1.54) is 5.52 Å². The van der Waals surface area contributed by atoms with E-state index >= 15 is 0 Å². The third kappa shape index (κ3) is 1.21. The third-order valence-corrected chi connectivity index (χ3v) is 2.86. The van der Waals surface area contributed by atoms with Crippen LogP contribution in [0.15, 0.2) is 27.3 Å². The van der Waals surface area contributed by atoms with Crippen molar-refractivity contribution in [3.63, 3.8) is 0 Å². The van der Waals surface area contributed by atoms with Gasteiger partial charge in [0.05, 0.1) is 5.52 Å². The van der Waals surface area contributed by atoms with E-state index in [4.69, 9.17) is 0 Å². The molecule has 0 bridgehead atoms. The van der Waals surface area contributed by atoms with Gasteiger partial charge in [-0.2, -0.15) is 0 Å². The van der Waals surface area contributed by atoms with E-state index in [2.05, 4.69) is 44.0 Å². The lowest BCUT2D eigenvalue weighted by Crippen LogP contribution is -1.84. The van der Waals surface area contributed by atoms with E-state index < -0.39 is 0 Å². The molecule has 0 amide bonds. The number of aromatic nitrogens is 1. The van der Waals surface area contributed by atoms with Crippen LogP contribution in [0.3, 0.4) is 0 Å². The maximum absolute atomic E-state index is 3.51. The summed E-state index contributed by atoms with van der Waals surface area (Å²) >= 11 is 6.94. The summed E-state index contributed by atoms with van der Waals surface area (Å²) in [7, 11) is 2.01. The molecule has 3 heteroatoms. The molecule has 0 saturated heterocycles. The Balaban J connectivity index is 2.93. The van der Waals surface area contributed by atoms with Crippen molar-refractivity contribution in [2.45, 2.75) is 0 Å². The fourth-order valence-electron chi connectivity index (χ4n) is 1.27. The van der Waals surface area contributed by atoms with Gasteiger partial charge in [-0.25, -0.2) is 0 Å². The molecule has 0 aliphatic rings. The number of nitrogens with zero attached hydrogens (tertiary/aromatic N) is 1. The Labute approximate surface area is 87.6 Å². The lowest BCUT2D eigenvalue weighted by Gasteiger charge is -1.99. The number of halogens is 2. The van der Waals surface area contributed by atoms with Crippen molar-refractivity contribution < 1.29 is 0 Å². The molecule has 0 atom stereocenters. The van der Waals surface area contributed by atoms with Crippen molar-refractivity contribution in [3.05, 3.63) is 33.3 Å². The minimum Gasteiger partial charge on any atom is -0.349 e. The van der Waals surface area contributed by atoms with Gasteiger partial charge in [0, 0.05) is 33.6 Å². The van der Waals surface area contributed by atoms with Crippen LogP contribution in [0.25, 0.3) is 10.9 Å². The zero-order valence-electron chi connectivity index (χ0n) is 6.44. The van der Waals surface area contributed by atoms with E-state index in [9.17, 15) is 0 Å². The molecule has 0 spiro atoms. The van der Waals surface area contributed by atoms with E-state index in [1.807, 2.05) is 23.9 Å². The minimum absolute atomic E-state index is 1.07. The SMILES string of the molecule is Cn1c[c]c2cc(Br)cc(Br)c21. The summed E-state index contributed by atoms with van der Waals surface area (Å²) in [5, 5.41) is 1.12. The fraction of sp³-hybridized carbons (Fsp3) is 0.111. The first kappa shape index (κ1) is 8.32. The molecule has 1 aromatic carbocycles. The van der Waals surface area contributed by atoms with Gasteiger partial charge in [-0.1, -0.05) is 15.9 Å². The van der Waals surface area contributed by atoms with Gasteiger partial charge in [-0.3, -0.25) is 0 Å². The molecule has 1 aromatic heterocycles. The highest BCUT2D eigenvalue weighted by atomic mass is 79.9. The zero-order valence-corrected chi connectivity index (χ0v) is 9.61. The van der Waals surface area contributed by atoms with Crippen molar-refractivity contribution in [1.82, 2.24) is 4.57 Å². The van der Waals surface area contributed by atoms with Gasteiger partial charge in [0.15, 0.2) is 0 Å². The average molecular weight is 288 g/mol. The Morgan fingerprint density at radius 3 is 2.83 bits per heavy atom. The highest BCUT2D eigenvalue weighted by Gasteiger charge is 2.03. The molecule has 2 aromatic rings. The van der Waals surface area contributed by atoms with Crippen molar-refractivity contribution in [3.8, 4) is 0 Å². The Morgan fingerprint density at radius 1 is 1.33 bits per heavy atom. The van der Waals surface area contributed by atoms with Gasteiger partial charge in [0.2, 0.25) is 0 Å². The van der Waals surface area contributed by atoms with Crippen LogP contribution < -0.4 is 0 Å². The van der Waals surface area contributed by atoms with Gasteiger partial charge in [0.25, 0.3) is 0 Å². The molecule has 12 heavy (non-hydrogen) atoms. The molecule has 2 rings (SSSR count). The van der Waals surface area contributed by atoms with Gasteiger partial charge in [-0.05, 0) is 28.1 Å². The summed E-state index contributed by atoms with van der Waals surface area (Å²) in [5.74, 6) is 0. The molecule has 0 fully saturated rings. The first-order valence-corrected chi connectivity index (χ1v) is 5.09. The number of benzene rings is 1. The van der Waals surface area contributed by atoms with Crippen LogP contribution in [0.2, 0.25) is 0 Å².